The van der Waals surface area contributed by atoms with E-state index in [-0.39, 0.29) is 0 Å². The molecule has 0 heterocycles. The van der Waals surface area contributed by atoms with E-state index in [1.54, 1.807) is 0 Å². The Morgan fingerprint density at radius 1 is 1.07 bits per heavy atom. The van der Waals surface area contributed by atoms with Gasteiger partial charge in [-0.25, -0.2) is 0 Å². The van der Waals surface area contributed by atoms with Crippen molar-refractivity contribution in [2.45, 2.75) is 27.7 Å². The molecule has 0 spiro atoms. The summed E-state index contributed by atoms with van der Waals surface area (Å²) in [4.78, 5) is 0. The molecule has 78 valence electrons. The first-order valence-corrected chi connectivity index (χ1v) is 5.52. The first kappa shape index (κ1) is 10.2. The van der Waals surface area contributed by atoms with Crippen LogP contribution >= 0.6 is 0 Å². The molecule has 0 saturated carbocycles. The molecule has 2 aliphatic carbocycles. The second kappa shape index (κ2) is 3.69. The van der Waals surface area contributed by atoms with Crippen LogP contribution in [0.3, 0.4) is 0 Å². The number of allylic oxidation sites excluding steroid dienone is 10. The van der Waals surface area contributed by atoms with Gasteiger partial charge in [0.25, 0.3) is 0 Å². The van der Waals surface area contributed by atoms with Gasteiger partial charge in [-0.3, -0.25) is 0 Å². The molecule has 0 saturated heterocycles. The van der Waals surface area contributed by atoms with Crippen molar-refractivity contribution in [2.24, 2.45) is 5.92 Å². The molecule has 0 heteroatoms. The number of rotatable bonds is 0. The monoisotopic (exact) mass is 198 g/mol. The average Bonchev–Trinajstić information content (AvgIpc) is 2.23. The maximum Gasteiger partial charge on any atom is 0.0301 e. The third kappa shape index (κ3) is 1.65. The molecule has 0 radical (unpaired) electrons. The van der Waals surface area contributed by atoms with E-state index in [4.69, 9.17) is 0 Å². The van der Waals surface area contributed by atoms with Gasteiger partial charge in [0.2, 0.25) is 0 Å². The van der Waals surface area contributed by atoms with E-state index in [0.717, 1.165) is 0 Å². The summed E-state index contributed by atoms with van der Waals surface area (Å²) in [6, 6.07) is 0. The molecule has 2 aliphatic rings. The molecule has 0 bridgehead atoms. The lowest BCUT2D eigenvalue weighted by Gasteiger charge is -2.29. The van der Waals surface area contributed by atoms with Crippen molar-refractivity contribution < 1.29 is 0 Å². The Bertz CT molecular complexity index is 433. The van der Waals surface area contributed by atoms with E-state index in [1.807, 2.05) is 0 Å². The lowest BCUT2D eigenvalue weighted by atomic mass is 9.75. The Morgan fingerprint density at radius 3 is 2.47 bits per heavy atom. The van der Waals surface area contributed by atoms with Crippen LogP contribution in [0.2, 0.25) is 0 Å². The van der Waals surface area contributed by atoms with Crippen molar-refractivity contribution in [1.82, 2.24) is 0 Å². The smallest absolute Gasteiger partial charge is 0.0301 e. The van der Waals surface area contributed by atoms with Crippen LogP contribution in [0.5, 0.6) is 0 Å². The van der Waals surface area contributed by atoms with Crippen LogP contribution in [0, 0.1) is 5.92 Å². The highest BCUT2D eigenvalue weighted by Gasteiger charge is 2.24. The van der Waals surface area contributed by atoms with Gasteiger partial charge >= 0.3 is 0 Å². The zero-order chi connectivity index (χ0) is 11.0. The first-order chi connectivity index (χ1) is 7.11. The van der Waals surface area contributed by atoms with Gasteiger partial charge in [-0.1, -0.05) is 41.5 Å². The van der Waals surface area contributed by atoms with Crippen LogP contribution in [0.25, 0.3) is 0 Å². The number of hydrogen-bond acceptors (Lipinski definition) is 0. The SMILES string of the molecule is CC1=CC=C(C)C2C1=CC=CC2=C(C)C. The molecule has 0 aromatic carbocycles. The Morgan fingerprint density at radius 2 is 1.80 bits per heavy atom. The summed E-state index contributed by atoms with van der Waals surface area (Å²) in [5.41, 5.74) is 7.20. The summed E-state index contributed by atoms with van der Waals surface area (Å²) in [5, 5.41) is 0. The Hall–Kier alpha value is -1.30. The Balaban J connectivity index is 2.56. The third-order valence-electron chi connectivity index (χ3n) is 3.26. The summed E-state index contributed by atoms with van der Waals surface area (Å²) in [5.74, 6) is 0.505. The highest BCUT2D eigenvalue weighted by Crippen LogP contribution is 2.39. The summed E-state index contributed by atoms with van der Waals surface area (Å²) in [7, 11) is 0. The maximum absolute atomic E-state index is 2.25. The predicted octanol–water partition coefficient (Wildman–Crippen LogP) is 4.34. The van der Waals surface area contributed by atoms with Gasteiger partial charge in [0.1, 0.15) is 0 Å². The van der Waals surface area contributed by atoms with E-state index in [9.17, 15) is 0 Å². The minimum absolute atomic E-state index is 0.505. The molecular formula is C15H18. The highest BCUT2D eigenvalue weighted by molar-refractivity contribution is 5.55. The standard InChI is InChI=1S/C15H18/c1-10(2)13-6-5-7-14-11(3)8-9-12(4)15(13)14/h5-9,15H,1-4H3. The molecular weight excluding hydrogens is 180 g/mol. The molecule has 1 unspecified atom stereocenters. The second-order valence-corrected chi connectivity index (χ2v) is 4.63. The van der Waals surface area contributed by atoms with Crippen molar-refractivity contribution in [3.05, 3.63) is 58.2 Å². The number of fused-ring (bicyclic) bond motifs is 1. The van der Waals surface area contributed by atoms with Gasteiger partial charge in [0.05, 0.1) is 0 Å². The van der Waals surface area contributed by atoms with Gasteiger partial charge in [0, 0.05) is 5.92 Å². The summed E-state index contributed by atoms with van der Waals surface area (Å²) >= 11 is 0. The van der Waals surface area contributed by atoms with Gasteiger partial charge in [-0.15, -0.1) is 0 Å². The predicted molar refractivity (Wildman–Crippen MR) is 66.6 cm³/mol. The lowest BCUT2D eigenvalue weighted by Crippen LogP contribution is -2.15. The molecule has 0 aliphatic heterocycles. The van der Waals surface area contributed by atoms with Gasteiger partial charge in [-0.05, 0) is 44.4 Å². The molecule has 0 fully saturated rings. The summed E-state index contributed by atoms with van der Waals surface area (Å²) < 4.78 is 0. The Labute approximate surface area is 92.4 Å². The van der Waals surface area contributed by atoms with Gasteiger partial charge in [-0.2, -0.15) is 0 Å². The van der Waals surface area contributed by atoms with E-state index in [1.165, 1.54) is 27.9 Å². The van der Waals surface area contributed by atoms with Gasteiger partial charge < -0.3 is 0 Å². The maximum atomic E-state index is 2.25. The molecule has 0 nitrogen and oxygen atoms in total. The average molecular weight is 198 g/mol. The zero-order valence-electron chi connectivity index (χ0n) is 9.96. The molecule has 1 atom stereocenters. The van der Waals surface area contributed by atoms with Crippen molar-refractivity contribution in [3.63, 3.8) is 0 Å². The molecule has 0 N–H and O–H groups in total. The third-order valence-corrected chi connectivity index (χ3v) is 3.26. The van der Waals surface area contributed by atoms with Crippen LogP contribution < -0.4 is 0 Å². The fourth-order valence-electron chi connectivity index (χ4n) is 2.37. The zero-order valence-corrected chi connectivity index (χ0v) is 9.96. The molecule has 0 amide bonds. The van der Waals surface area contributed by atoms with Crippen molar-refractivity contribution >= 4 is 0 Å². The minimum atomic E-state index is 0.505. The topological polar surface area (TPSA) is 0 Å². The minimum Gasteiger partial charge on any atom is -0.0723 e. The second-order valence-electron chi connectivity index (χ2n) is 4.63. The van der Waals surface area contributed by atoms with Gasteiger partial charge in [0.15, 0.2) is 0 Å². The normalized spacial score (nSPS) is 24.1. The number of hydrogen-bond donors (Lipinski definition) is 0. The highest BCUT2D eigenvalue weighted by atomic mass is 14.3. The molecule has 15 heavy (non-hydrogen) atoms. The van der Waals surface area contributed by atoms with E-state index < -0.39 is 0 Å². The largest absolute Gasteiger partial charge is 0.0723 e. The van der Waals surface area contributed by atoms with Crippen LogP contribution in [0.4, 0.5) is 0 Å². The van der Waals surface area contributed by atoms with Crippen molar-refractivity contribution in [2.75, 3.05) is 0 Å². The fourth-order valence-corrected chi connectivity index (χ4v) is 2.37. The molecule has 0 aromatic heterocycles. The summed E-state index contributed by atoms with van der Waals surface area (Å²) in [6.45, 7) is 8.82. The van der Waals surface area contributed by atoms with Crippen LogP contribution in [0.15, 0.2) is 58.2 Å². The first-order valence-electron chi connectivity index (χ1n) is 5.52. The lowest BCUT2D eigenvalue weighted by molar-refractivity contribution is 0.827. The summed E-state index contributed by atoms with van der Waals surface area (Å²) in [6.07, 6.45) is 11.1. The molecule has 0 aromatic rings. The van der Waals surface area contributed by atoms with E-state index in [2.05, 4.69) is 58.1 Å². The molecule has 2 rings (SSSR count). The van der Waals surface area contributed by atoms with E-state index in [0.29, 0.717) is 5.92 Å². The fraction of sp³-hybridized carbons (Fsp3) is 0.333. The van der Waals surface area contributed by atoms with E-state index >= 15 is 0 Å². The van der Waals surface area contributed by atoms with Crippen LogP contribution in [-0.2, 0) is 0 Å². The Kier molecular flexibility index (Phi) is 2.52. The van der Waals surface area contributed by atoms with Crippen LogP contribution in [-0.4, -0.2) is 0 Å². The van der Waals surface area contributed by atoms with Crippen LogP contribution in [0.1, 0.15) is 27.7 Å². The quantitative estimate of drug-likeness (QED) is 0.543. The van der Waals surface area contributed by atoms with Crippen molar-refractivity contribution in [1.29, 1.82) is 0 Å². The van der Waals surface area contributed by atoms with Crippen molar-refractivity contribution in [3.8, 4) is 0 Å².